The molecule has 0 heterocycles. The number of Topliss-reactive ketones (excluding diaryl/α,β-unsaturated/α-hetero) is 1. The average Bonchev–Trinajstić information content (AvgIpc) is 2.08. The van der Waals surface area contributed by atoms with E-state index in [9.17, 15) is 9.59 Å². The van der Waals surface area contributed by atoms with Gasteiger partial charge in [0.1, 0.15) is 0 Å². The largest absolute Gasteiger partial charge is 0.294 e. The van der Waals surface area contributed by atoms with Gasteiger partial charge in [-0.1, -0.05) is 15.9 Å². The van der Waals surface area contributed by atoms with Crippen LogP contribution in [0.15, 0.2) is 22.7 Å². The third-order valence-electron chi connectivity index (χ3n) is 1.30. The summed E-state index contributed by atoms with van der Waals surface area (Å²) >= 11 is 5.27. The zero-order chi connectivity index (χ0) is 9.14. The summed E-state index contributed by atoms with van der Waals surface area (Å²) in [6.45, 7) is 0. The van der Waals surface area contributed by atoms with Gasteiger partial charge in [0.25, 0.3) is 0 Å². The van der Waals surface area contributed by atoms with Gasteiger partial charge in [-0.3, -0.25) is 9.59 Å². The van der Waals surface area contributed by atoms with Crippen molar-refractivity contribution in [1.29, 1.82) is 0 Å². The Morgan fingerprint density at radius 3 is 2.75 bits per heavy atom. The number of carbonyl (C=O) groups is 2. The highest BCUT2D eigenvalue weighted by molar-refractivity contribution is 14.1. The second-order valence-electron chi connectivity index (χ2n) is 2.11. The molecular formula is C8H4BrIO2. The predicted octanol–water partition coefficient (Wildman–Crippen LogP) is 2.44. The Balaban J connectivity index is 3.22. The summed E-state index contributed by atoms with van der Waals surface area (Å²) in [5.41, 5.74) is 0.414. The van der Waals surface area contributed by atoms with Gasteiger partial charge in [-0.25, -0.2) is 0 Å². The van der Waals surface area contributed by atoms with E-state index in [4.69, 9.17) is 0 Å². The zero-order valence-electron chi connectivity index (χ0n) is 5.88. The third kappa shape index (κ3) is 2.13. The van der Waals surface area contributed by atoms with Crippen LogP contribution >= 0.6 is 38.5 Å². The molecule has 0 amide bonds. The van der Waals surface area contributed by atoms with Gasteiger partial charge < -0.3 is 0 Å². The lowest BCUT2D eigenvalue weighted by Gasteiger charge is -1.98. The second-order valence-corrected chi connectivity index (χ2v) is 4.21. The lowest BCUT2D eigenvalue weighted by Crippen LogP contribution is -2.01. The third-order valence-corrected chi connectivity index (χ3v) is 2.66. The Morgan fingerprint density at radius 2 is 2.17 bits per heavy atom. The van der Waals surface area contributed by atoms with Gasteiger partial charge in [0.05, 0.1) is 0 Å². The summed E-state index contributed by atoms with van der Waals surface area (Å²) in [6, 6.07) is 5.27. The van der Waals surface area contributed by atoms with E-state index < -0.39 is 5.78 Å². The Labute approximate surface area is 91.6 Å². The van der Waals surface area contributed by atoms with Crippen LogP contribution in [-0.2, 0) is 4.79 Å². The quantitative estimate of drug-likeness (QED) is 0.359. The summed E-state index contributed by atoms with van der Waals surface area (Å²) < 4.78 is 1.58. The van der Waals surface area contributed by atoms with E-state index in [1.54, 1.807) is 12.1 Å². The molecule has 1 aromatic carbocycles. The second kappa shape index (κ2) is 4.13. The lowest BCUT2D eigenvalue weighted by atomic mass is 10.1. The van der Waals surface area contributed by atoms with Crippen LogP contribution in [0.3, 0.4) is 0 Å². The molecule has 0 atom stereocenters. The topological polar surface area (TPSA) is 34.1 Å². The van der Waals surface area contributed by atoms with Gasteiger partial charge in [-0.15, -0.1) is 0 Å². The van der Waals surface area contributed by atoms with Crippen LogP contribution in [0.5, 0.6) is 0 Å². The van der Waals surface area contributed by atoms with Crippen molar-refractivity contribution >= 4 is 50.6 Å². The molecule has 4 heteroatoms. The summed E-state index contributed by atoms with van der Waals surface area (Å²) in [6.07, 6.45) is 0.316. The van der Waals surface area contributed by atoms with Crippen LogP contribution in [0.1, 0.15) is 10.4 Å². The number of halogens is 2. The highest BCUT2D eigenvalue weighted by Crippen LogP contribution is 2.19. The maximum atomic E-state index is 11.0. The Kier molecular flexibility index (Phi) is 3.39. The molecule has 0 bridgehead atoms. The number of hydrogen-bond acceptors (Lipinski definition) is 2. The molecule has 0 aliphatic carbocycles. The number of aldehydes is 1. The number of benzene rings is 1. The molecule has 0 aliphatic rings. The van der Waals surface area contributed by atoms with Crippen molar-refractivity contribution < 1.29 is 9.59 Å². The normalized spacial score (nSPS) is 9.50. The van der Waals surface area contributed by atoms with Crippen molar-refractivity contribution in [2.24, 2.45) is 0 Å². The van der Waals surface area contributed by atoms with E-state index in [1.165, 1.54) is 0 Å². The molecule has 2 nitrogen and oxygen atoms in total. The van der Waals surface area contributed by atoms with Crippen molar-refractivity contribution in [2.45, 2.75) is 0 Å². The van der Waals surface area contributed by atoms with Gasteiger partial charge in [0.2, 0.25) is 5.78 Å². The molecule has 0 N–H and O–H groups in total. The molecule has 0 saturated carbocycles. The molecule has 1 aromatic rings. The molecule has 0 aromatic heterocycles. The number of ketones is 1. The van der Waals surface area contributed by atoms with Crippen molar-refractivity contribution in [3.05, 3.63) is 31.8 Å². The summed E-state index contributed by atoms with van der Waals surface area (Å²) in [4.78, 5) is 21.2. The van der Waals surface area contributed by atoms with Crippen LogP contribution < -0.4 is 0 Å². The van der Waals surface area contributed by atoms with Crippen molar-refractivity contribution in [1.82, 2.24) is 0 Å². The first-order valence-corrected chi connectivity index (χ1v) is 4.97. The monoisotopic (exact) mass is 338 g/mol. The smallest absolute Gasteiger partial charge is 0.226 e. The van der Waals surface area contributed by atoms with Gasteiger partial charge in [0, 0.05) is 13.6 Å². The van der Waals surface area contributed by atoms with Crippen LogP contribution in [0, 0.1) is 3.57 Å². The minimum Gasteiger partial charge on any atom is -0.294 e. The predicted molar refractivity (Wildman–Crippen MR) is 57.3 cm³/mol. The van der Waals surface area contributed by atoms with Gasteiger partial charge in [0.15, 0.2) is 6.29 Å². The fraction of sp³-hybridized carbons (Fsp3) is 0. The maximum absolute atomic E-state index is 11.0. The van der Waals surface area contributed by atoms with Crippen molar-refractivity contribution in [2.75, 3.05) is 0 Å². The minimum atomic E-state index is -0.500. The SMILES string of the molecule is O=CC(=O)c1cc(I)ccc1Br. The van der Waals surface area contributed by atoms with E-state index in [1.807, 2.05) is 6.07 Å². The van der Waals surface area contributed by atoms with E-state index in [0.717, 1.165) is 3.57 Å². The van der Waals surface area contributed by atoms with Crippen molar-refractivity contribution in [3.63, 3.8) is 0 Å². The Morgan fingerprint density at radius 1 is 1.50 bits per heavy atom. The molecule has 1 rings (SSSR count). The standard InChI is InChI=1S/C8H4BrIO2/c9-7-2-1-5(10)3-6(7)8(12)4-11/h1-4H. The highest BCUT2D eigenvalue weighted by atomic mass is 127. The fourth-order valence-corrected chi connectivity index (χ4v) is 1.68. The maximum Gasteiger partial charge on any atom is 0.226 e. The summed E-state index contributed by atoms with van der Waals surface area (Å²) in [7, 11) is 0. The first-order valence-electron chi connectivity index (χ1n) is 3.09. The van der Waals surface area contributed by atoms with E-state index in [0.29, 0.717) is 16.3 Å². The molecule has 0 aliphatic heterocycles. The fourth-order valence-electron chi connectivity index (χ4n) is 0.750. The number of carbonyl (C=O) groups excluding carboxylic acids is 2. The van der Waals surface area contributed by atoms with Crippen LogP contribution in [-0.4, -0.2) is 12.1 Å². The minimum absolute atomic E-state index is 0.316. The first kappa shape index (κ1) is 9.85. The van der Waals surface area contributed by atoms with Crippen molar-refractivity contribution in [3.8, 4) is 0 Å². The van der Waals surface area contributed by atoms with Gasteiger partial charge >= 0.3 is 0 Å². The first-order chi connectivity index (χ1) is 5.65. The molecule has 12 heavy (non-hydrogen) atoms. The summed E-state index contributed by atoms with van der Waals surface area (Å²) in [5.74, 6) is -0.500. The molecule has 0 saturated heterocycles. The Hall–Kier alpha value is -0.230. The van der Waals surface area contributed by atoms with E-state index >= 15 is 0 Å². The molecule has 0 radical (unpaired) electrons. The lowest BCUT2D eigenvalue weighted by molar-refractivity contribution is -0.104. The summed E-state index contributed by atoms with van der Waals surface area (Å²) in [5, 5.41) is 0. The van der Waals surface area contributed by atoms with Crippen LogP contribution in [0.4, 0.5) is 0 Å². The van der Waals surface area contributed by atoms with E-state index in [2.05, 4.69) is 38.5 Å². The molecule has 0 spiro atoms. The van der Waals surface area contributed by atoms with Gasteiger partial charge in [-0.2, -0.15) is 0 Å². The molecule has 0 fully saturated rings. The van der Waals surface area contributed by atoms with E-state index in [-0.39, 0.29) is 0 Å². The van der Waals surface area contributed by atoms with Crippen LogP contribution in [0.25, 0.3) is 0 Å². The zero-order valence-corrected chi connectivity index (χ0v) is 9.63. The van der Waals surface area contributed by atoms with Gasteiger partial charge in [-0.05, 0) is 40.8 Å². The van der Waals surface area contributed by atoms with Crippen LogP contribution in [0.2, 0.25) is 0 Å². The molecule has 62 valence electrons. The average molecular weight is 339 g/mol. The Bertz CT molecular complexity index is 336. The number of rotatable bonds is 2. The molecular weight excluding hydrogens is 335 g/mol. The number of hydrogen-bond donors (Lipinski definition) is 0. The highest BCUT2D eigenvalue weighted by Gasteiger charge is 2.08. The molecule has 0 unspecified atom stereocenters.